The topological polar surface area (TPSA) is 582 Å². The molecule has 3 saturated heterocycles. The van der Waals surface area contributed by atoms with Crippen LogP contribution in [0.4, 0.5) is 0 Å². The third kappa shape index (κ3) is 33.1. The highest BCUT2D eigenvalue weighted by atomic mass is 32.2. The molecule has 2 bridgehead atoms. The second kappa shape index (κ2) is 50.9. The number of hydrogen-bond acceptors (Lipinski definition) is 25. The van der Waals surface area contributed by atoms with E-state index < -0.39 is 216 Å². The maximum Gasteiger partial charge on any atom is 0.327 e. The maximum atomic E-state index is 15.3. The van der Waals surface area contributed by atoms with Crippen LogP contribution in [0.1, 0.15) is 215 Å². The van der Waals surface area contributed by atoms with Gasteiger partial charge in [0, 0.05) is 55.6 Å². The molecule has 4 aliphatic heterocycles. The zero-order chi connectivity index (χ0) is 91.1. The zero-order valence-corrected chi connectivity index (χ0v) is 74.6. The molecule has 13 amide bonds. The number of rotatable bonds is 23. The van der Waals surface area contributed by atoms with E-state index >= 15 is 28.8 Å². The Hall–Kier alpha value is -8.35. The highest BCUT2D eigenvalue weighted by Gasteiger charge is 2.45. The number of fused-ring (bicyclic) bond motifs is 3. The molecule has 124 heavy (non-hydrogen) atoms. The van der Waals surface area contributed by atoms with Crippen molar-refractivity contribution in [2.24, 2.45) is 29.1 Å². The number of amides is 13. The summed E-state index contributed by atoms with van der Waals surface area (Å²) >= 11 is 2.37. The van der Waals surface area contributed by atoms with Gasteiger partial charge in [0.2, 0.25) is 76.8 Å². The fourth-order valence-electron chi connectivity index (χ4n) is 16.8. The summed E-state index contributed by atoms with van der Waals surface area (Å²) < 4.78 is 0. The van der Waals surface area contributed by atoms with Gasteiger partial charge in [0.25, 0.3) is 0 Å². The van der Waals surface area contributed by atoms with Crippen molar-refractivity contribution in [3.05, 3.63) is 35.4 Å². The predicted molar refractivity (Wildman–Crippen MR) is 462 cm³/mol. The van der Waals surface area contributed by atoms with E-state index in [-0.39, 0.29) is 111 Å². The highest BCUT2D eigenvalue weighted by Crippen LogP contribution is 2.34. The van der Waals surface area contributed by atoms with E-state index in [1.807, 2.05) is 13.0 Å². The van der Waals surface area contributed by atoms with Crippen LogP contribution in [-0.4, -0.2) is 272 Å². The van der Waals surface area contributed by atoms with Crippen molar-refractivity contribution >= 4 is 112 Å². The number of piperidine rings is 1. The lowest BCUT2D eigenvalue weighted by atomic mass is 9.82. The molecule has 0 radical (unpaired) electrons. The molecule has 696 valence electrons. The van der Waals surface area contributed by atoms with Crippen LogP contribution in [-0.2, 0) is 83.4 Å². The summed E-state index contributed by atoms with van der Waals surface area (Å²) in [6.45, 7) is 15.6. The molecule has 1 aromatic carbocycles. The number of thioether (sulfide) groups is 2. The van der Waals surface area contributed by atoms with E-state index in [1.54, 1.807) is 52.8 Å². The SMILES string of the molecule is CCC[C@H](NC(C)=O)C(=O)N[C@H]1CSCc2cccc(c2)CSC[C@@H](C(=O)O)NC(=O)C([C@@H](C)O)NC(=O)[C@H](CCC)NC(=O)[C@H](CC2CCC(O)CC2)NC(=O)[C@H](CCC(=O)O)NC(=O)[C@H](CCC)NC(=O)[C@H](CC2CNC3NCCCC23)NC(=O)[C@H]([C@@H](C)O)NC(=O)[C@H](CC2CNCN2)NC(=O)[C@H](CC2CCC(O)CC2)NC(=O)[C@H](C(C)(C)C)NC1=O. The Bertz CT molecular complexity index is 3770. The van der Waals surface area contributed by atoms with Gasteiger partial charge in [0.05, 0.1) is 30.6 Å². The molecule has 5 fully saturated rings. The molecule has 1 aromatic rings. The fraction of sp³-hybridized carbons (Fsp3) is 0.750. The van der Waals surface area contributed by atoms with Crippen molar-refractivity contribution in [1.29, 1.82) is 0 Å². The summed E-state index contributed by atoms with van der Waals surface area (Å²) in [6, 6.07) is -12.9. The third-order valence-electron chi connectivity index (χ3n) is 23.8. The lowest BCUT2D eigenvalue weighted by Crippen LogP contribution is -2.63. The van der Waals surface area contributed by atoms with Crippen molar-refractivity contribution in [2.75, 3.05) is 37.8 Å². The molecule has 6 aliphatic rings. The van der Waals surface area contributed by atoms with Crippen LogP contribution in [0.15, 0.2) is 24.3 Å². The molecule has 0 spiro atoms. The van der Waals surface area contributed by atoms with Crippen molar-refractivity contribution in [2.45, 2.75) is 330 Å². The van der Waals surface area contributed by atoms with Crippen LogP contribution in [0.2, 0.25) is 0 Å². The minimum atomic E-state index is -1.84. The van der Waals surface area contributed by atoms with Gasteiger partial charge in [0.15, 0.2) is 0 Å². The number of hydrogen-bond donors (Lipinski definition) is 23. The van der Waals surface area contributed by atoms with Gasteiger partial charge in [-0.25, -0.2) is 4.79 Å². The summed E-state index contributed by atoms with van der Waals surface area (Å²) in [6.07, 6.45) is -0.578. The Morgan fingerprint density at radius 1 is 0.516 bits per heavy atom. The minimum Gasteiger partial charge on any atom is -0.481 e. The van der Waals surface area contributed by atoms with E-state index in [0.717, 1.165) is 30.2 Å². The van der Waals surface area contributed by atoms with E-state index in [1.165, 1.54) is 32.5 Å². The number of aliphatic hydroxyl groups excluding tert-OH is 4. The second-order valence-electron chi connectivity index (χ2n) is 35.3. The van der Waals surface area contributed by atoms with Crippen LogP contribution in [0.3, 0.4) is 0 Å². The Labute approximate surface area is 734 Å². The van der Waals surface area contributed by atoms with E-state index in [4.69, 9.17) is 0 Å². The number of aliphatic hydroxyl groups is 4. The van der Waals surface area contributed by atoms with E-state index in [0.29, 0.717) is 89.7 Å². The van der Waals surface area contributed by atoms with Gasteiger partial charge in [-0.15, -0.1) is 0 Å². The smallest absolute Gasteiger partial charge is 0.327 e. The highest BCUT2D eigenvalue weighted by molar-refractivity contribution is 7.98. The normalized spacial score (nSPS) is 31.4. The Morgan fingerprint density at radius 2 is 0.984 bits per heavy atom. The van der Waals surface area contributed by atoms with E-state index in [2.05, 4.69) is 90.4 Å². The quantitative estimate of drug-likeness (QED) is 0.0585. The molecular formula is C84H137N17O21S2. The number of nitrogens with one attached hydrogen (secondary N) is 17. The molecule has 40 heteroatoms. The Morgan fingerprint density at radius 3 is 1.47 bits per heavy atom. The number of carbonyl (C=O) groups is 15. The van der Waals surface area contributed by atoms with Crippen molar-refractivity contribution in [3.63, 3.8) is 0 Å². The van der Waals surface area contributed by atoms with Gasteiger partial charge in [-0.2, -0.15) is 23.5 Å². The Kier molecular flexibility index (Phi) is 42.1. The van der Waals surface area contributed by atoms with Crippen LogP contribution < -0.4 is 90.4 Å². The molecule has 23 N–H and O–H groups in total. The summed E-state index contributed by atoms with van der Waals surface area (Å²) in [5.74, 6) is -15.2. The van der Waals surface area contributed by atoms with Crippen LogP contribution in [0.5, 0.6) is 0 Å². The largest absolute Gasteiger partial charge is 0.481 e. The number of aliphatic carboxylic acids is 2. The molecule has 7 rings (SSSR count). The lowest BCUT2D eigenvalue weighted by molar-refractivity contribution is -0.142. The van der Waals surface area contributed by atoms with Gasteiger partial charge in [-0.05, 0) is 183 Å². The van der Waals surface area contributed by atoms with Gasteiger partial charge >= 0.3 is 11.9 Å². The second-order valence-corrected chi connectivity index (χ2v) is 37.3. The molecule has 0 aromatic heterocycles. The number of carboxylic acid groups (broad SMARTS) is 2. The van der Waals surface area contributed by atoms with E-state index in [9.17, 15) is 73.8 Å². The first-order valence-corrected chi connectivity index (χ1v) is 46.4. The first-order chi connectivity index (χ1) is 58.8. The molecule has 5 unspecified atom stereocenters. The summed E-state index contributed by atoms with van der Waals surface area (Å²) in [5, 5.41) is 113. The Balaban J connectivity index is 1.28. The molecule has 38 nitrogen and oxygen atoms in total. The summed E-state index contributed by atoms with van der Waals surface area (Å²) in [5.41, 5.74) is 0.322. The molecule has 2 aliphatic carbocycles. The van der Waals surface area contributed by atoms with Gasteiger partial charge in [0.1, 0.15) is 78.5 Å². The molecule has 2 saturated carbocycles. The maximum absolute atomic E-state index is 15.3. The average Bonchev–Trinajstić information content (AvgIpc) is 1.78. The number of carboxylic acids is 2. The van der Waals surface area contributed by atoms with Gasteiger partial charge in [-0.3, -0.25) is 67.1 Å². The molecular weight excluding hydrogens is 1650 g/mol. The first-order valence-electron chi connectivity index (χ1n) is 44.1. The van der Waals surface area contributed by atoms with Crippen LogP contribution in [0, 0.1) is 29.1 Å². The van der Waals surface area contributed by atoms with Crippen molar-refractivity contribution in [3.8, 4) is 0 Å². The standard InChI is InChI=1S/C84H137N17O21S2/c1-10-15-56(89-46(6)104)71(109)97-64-41-123-39-49-18-13-19-50(32-49)40-124-42-65(83(121)122)98-81(119)68(45(5)103)99-74(112)58(17-12-3)91-75(113)60(33-47-21-25-53(105)26-22-47)93-73(111)59(29-30-66(107)108)92-72(110)57(16-11-2)90-77(115)62(35-51-37-87-70-55(51)20-14-31-86-70)95-80(118)67(44(4)102)100-78(116)63(36-52-38-85-43-88-52)94-76(114)61(34-48-23-27-54(106)28-24-48)96-82(120)69(84(7,8)9)101-79(64)117/h13,18-19,32,44-45,47-48,51-65,67-70,85-88,102-103,105-106H,10-12,14-17,20-31,33-43H2,1-9H3,(H,89,104)(H,90,115)(H,91,113)(H,92,110)(H,93,111)(H,94,114)(H,95,118)(H,96,120)(H,97,109)(H,98,119)(H,99,112)(H,100,116)(H,101,117)(H,107,108)(H,121,122)/t44-,45-,47?,48?,51?,52?,53?,54?,55?,56+,57+,58+,59+,60+,61+,62+,63+,64+,65+,67+,68?,69-,70?/m1/s1. The van der Waals surface area contributed by atoms with Gasteiger partial charge in [-0.1, -0.05) is 85.1 Å². The zero-order valence-electron chi connectivity index (χ0n) is 72.9. The van der Waals surface area contributed by atoms with Crippen molar-refractivity contribution < 1.29 is 103 Å². The summed E-state index contributed by atoms with van der Waals surface area (Å²) in [7, 11) is 0. The number of benzene rings is 1. The van der Waals surface area contributed by atoms with Crippen LogP contribution >= 0.6 is 23.5 Å². The molecule has 19 atom stereocenters. The number of carbonyl (C=O) groups excluding carboxylic acids is 13. The average molecular weight is 1790 g/mol. The van der Waals surface area contributed by atoms with Gasteiger partial charge < -0.3 is 121 Å². The van der Waals surface area contributed by atoms with Crippen LogP contribution in [0.25, 0.3) is 0 Å². The monoisotopic (exact) mass is 1780 g/mol. The fourth-order valence-corrected chi connectivity index (χ4v) is 18.8. The molecule has 4 heterocycles. The first kappa shape index (κ1) is 103. The van der Waals surface area contributed by atoms with Crippen molar-refractivity contribution in [1.82, 2.24) is 90.4 Å². The third-order valence-corrected chi connectivity index (χ3v) is 26.1. The summed E-state index contributed by atoms with van der Waals surface area (Å²) in [4.78, 5) is 216. The lowest BCUT2D eigenvalue weighted by Gasteiger charge is -2.35. The minimum absolute atomic E-state index is 0.0101. The predicted octanol–water partition coefficient (Wildman–Crippen LogP) is -1.63.